The molecule has 0 fully saturated rings. The summed E-state index contributed by atoms with van der Waals surface area (Å²) in [6.45, 7) is 2.11. The minimum absolute atomic E-state index is 0.278. The van der Waals surface area contributed by atoms with E-state index < -0.39 is 0 Å². The second-order valence-corrected chi connectivity index (χ2v) is 2.80. The number of aliphatic hydroxyl groups is 1. The van der Waals surface area contributed by atoms with Crippen molar-refractivity contribution in [3.63, 3.8) is 0 Å². The lowest BCUT2D eigenvalue weighted by Gasteiger charge is -1.98. The molecule has 0 heterocycles. The highest BCUT2D eigenvalue weighted by Gasteiger charge is 2.12. The lowest BCUT2D eigenvalue weighted by molar-refractivity contribution is 0.216. The van der Waals surface area contributed by atoms with E-state index in [1.54, 1.807) is 0 Å². The van der Waals surface area contributed by atoms with Gasteiger partial charge in [0.1, 0.15) is 0 Å². The van der Waals surface area contributed by atoms with Crippen molar-refractivity contribution >= 4 is 0 Å². The van der Waals surface area contributed by atoms with Crippen LogP contribution < -0.4 is 0 Å². The van der Waals surface area contributed by atoms with E-state index in [1.165, 1.54) is 0 Å². The molecule has 0 aromatic heterocycles. The van der Waals surface area contributed by atoms with Crippen molar-refractivity contribution < 1.29 is 5.11 Å². The summed E-state index contributed by atoms with van der Waals surface area (Å²) in [6, 6.07) is 0. The van der Waals surface area contributed by atoms with Gasteiger partial charge in [-0.25, -0.2) is 0 Å². The Kier molecular flexibility index (Phi) is 3.19. The topological polar surface area (TPSA) is 20.2 Å². The average molecular weight is 150 g/mol. The molecular weight excluding hydrogens is 136 g/mol. The predicted molar refractivity (Wildman–Crippen MR) is 46.0 cm³/mol. The quantitative estimate of drug-likeness (QED) is 0.566. The molecule has 0 radical (unpaired) electrons. The SMILES string of the molecule is CCCC#CC1=CCCC1O. The van der Waals surface area contributed by atoms with Crippen molar-refractivity contribution in [1.82, 2.24) is 0 Å². The number of unbranched alkanes of at least 4 members (excludes halogenated alkanes) is 1. The Morgan fingerprint density at radius 1 is 1.73 bits per heavy atom. The molecule has 11 heavy (non-hydrogen) atoms. The van der Waals surface area contributed by atoms with Gasteiger partial charge in [-0.05, 0) is 19.3 Å². The fourth-order valence-corrected chi connectivity index (χ4v) is 1.11. The maximum Gasteiger partial charge on any atom is 0.0867 e. The van der Waals surface area contributed by atoms with Crippen molar-refractivity contribution in [1.29, 1.82) is 0 Å². The molecule has 1 rings (SSSR count). The van der Waals surface area contributed by atoms with Gasteiger partial charge in [0.15, 0.2) is 0 Å². The van der Waals surface area contributed by atoms with Crippen LogP contribution in [0.2, 0.25) is 0 Å². The van der Waals surface area contributed by atoms with Gasteiger partial charge in [-0.15, -0.1) is 0 Å². The Balaban J connectivity index is 2.43. The standard InChI is InChI=1S/C10H14O/c1-2-3-4-6-9-7-5-8-10(9)11/h7,10-11H,2-3,5,8H2,1H3. The fraction of sp³-hybridized carbons (Fsp3) is 0.600. The van der Waals surface area contributed by atoms with E-state index in [0.717, 1.165) is 31.3 Å². The van der Waals surface area contributed by atoms with E-state index in [1.807, 2.05) is 6.08 Å². The van der Waals surface area contributed by atoms with E-state index in [-0.39, 0.29) is 6.10 Å². The maximum atomic E-state index is 9.32. The summed E-state index contributed by atoms with van der Waals surface area (Å²) in [4.78, 5) is 0. The number of rotatable bonds is 1. The molecule has 1 aliphatic rings. The van der Waals surface area contributed by atoms with Gasteiger partial charge in [0.05, 0.1) is 6.10 Å². The van der Waals surface area contributed by atoms with Gasteiger partial charge in [0, 0.05) is 12.0 Å². The molecule has 1 heteroatoms. The first-order valence-electron chi connectivity index (χ1n) is 4.21. The first-order chi connectivity index (χ1) is 5.34. The van der Waals surface area contributed by atoms with Gasteiger partial charge in [-0.2, -0.15) is 0 Å². The van der Waals surface area contributed by atoms with Crippen molar-refractivity contribution in [2.45, 2.75) is 38.7 Å². The molecule has 0 saturated carbocycles. The first kappa shape index (κ1) is 8.36. The fourth-order valence-electron chi connectivity index (χ4n) is 1.11. The van der Waals surface area contributed by atoms with E-state index in [4.69, 9.17) is 0 Å². The lowest BCUT2D eigenvalue weighted by atomic mass is 10.2. The Labute approximate surface area is 68.1 Å². The number of aliphatic hydroxyl groups excluding tert-OH is 1. The summed E-state index contributed by atoms with van der Waals surface area (Å²) >= 11 is 0. The van der Waals surface area contributed by atoms with Gasteiger partial charge in [0.25, 0.3) is 0 Å². The lowest BCUT2D eigenvalue weighted by Crippen LogP contribution is -2.02. The minimum Gasteiger partial charge on any atom is -0.388 e. The van der Waals surface area contributed by atoms with Crippen molar-refractivity contribution in [3.8, 4) is 11.8 Å². The molecule has 0 aliphatic heterocycles. The van der Waals surface area contributed by atoms with Crippen LogP contribution in [0.3, 0.4) is 0 Å². The third-order valence-electron chi connectivity index (χ3n) is 1.77. The predicted octanol–water partition coefficient (Wildman–Crippen LogP) is 1.87. The summed E-state index contributed by atoms with van der Waals surface area (Å²) in [6.07, 6.45) is 5.63. The highest BCUT2D eigenvalue weighted by Crippen LogP contribution is 2.17. The van der Waals surface area contributed by atoms with Crippen LogP contribution in [0.5, 0.6) is 0 Å². The molecule has 0 saturated heterocycles. The summed E-state index contributed by atoms with van der Waals surface area (Å²) in [7, 11) is 0. The van der Waals surface area contributed by atoms with Crippen molar-refractivity contribution in [2.24, 2.45) is 0 Å². The molecule has 1 unspecified atom stereocenters. The second-order valence-electron chi connectivity index (χ2n) is 2.80. The molecule has 0 aromatic rings. The number of hydrogen-bond donors (Lipinski definition) is 1. The second kappa shape index (κ2) is 4.20. The third kappa shape index (κ3) is 2.40. The molecule has 1 atom stereocenters. The van der Waals surface area contributed by atoms with E-state index in [9.17, 15) is 5.11 Å². The van der Waals surface area contributed by atoms with E-state index in [0.29, 0.717) is 0 Å². The Hall–Kier alpha value is -0.740. The summed E-state index contributed by atoms with van der Waals surface area (Å²) < 4.78 is 0. The van der Waals surface area contributed by atoms with Crippen molar-refractivity contribution in [2.75, 3.05) is 0 Å². The Bertz CT molecular complexity index is 205. The molecule has 1 aliphatic carbocycles. The van der Waals surface area contributed by atoms with Crippen LogP contribution in [-0.4, -0.2) is 11.2 Å². The summed E-state index contributed by atoms with van der Waals surface area (Å²) in [5.41, 5.74) is 0.929. The van der Waals surface area contributed by atoms with Gasteiger partial charge in [0.2, 0.25) is 0 Å². The zero-order chi connectivity index (χ0) is 8.10. The van der Waals surface area contributed by atoms with Crippen LogP contribution in [0, 0.1) is 11.8 Å². The molecule has 0 amide bonds. The smallest absolute Gasteiger partial charge is 0.0867 e. The van der Waals surface area contributed by atoms with Crippen LogP contribution >= 0.6 is 0 Å². The Morgan fingerprint density at radius 3 is 3.09 bits per heavy atom. The van der Waals surface area contributed by atoms with Crippen LogP contribution in [-0.2, 0) is 0 Å². The van der Waals surface area contributed by atoms with E-state index in [2.05, 4.69) is 18.8 Å². The van der Waals surface area contributed by atoms with E-state index >= 15 is 0 Å². The van der Waals surface area contributed by atoms with Crippen LogP contribution in [0.25, 0.3) is 0 Å². The first-order valence-corrected chi connectivity index (χ1v) is 4.21. The van der Waals surface area contributed by atoms with Crippen LogP contribution in [0.4, 0.5) is 0 Å². The van der Waals surface area contributed by atoms with Gasteiger partial charge >= 0.3 is 0 Å². The summed E-state index contributed by atoms with van der Waals surface area (Å²) in [5, 5.41) is 9.32. The molecule has 1 nitrogen and oxygen atoms in total. The normalized spacial score (nSPS) is 22.4. The minimum atomic E-state index is -0.278. The van der Waals surface area contributed by atoms with Gasteiger partial charge in [-0.3, -0.25) is 0 Å². The molecule has 1 N–H and O–H groups in total. The van der Waals surface area contributed by atoms with Crippen LogP contribution in [0.1, 0.15) is 32.6 Å². The highest BCUT2D eigenvalue weighted by molar-refractivity contribution is 5.34. The molecule has 0 spiro atoms. The largest absolute Gasteiger partial charge is 0.388 e. The average Bonchev–Trinajstić information content (AvgIpc) is 2.37. The molecule has 0 bridgehead atoms. The summed E-state index contributed by atoms with van der Waals surface area (Å²) in [5.74, 6) is 6.02. The monoisotopic (exact) mass is 150 g/mol. The third-order valence-corrected chi connectivity index (χ3v) is 1.77. The number of allylic oxidation sites excluding steroid dienone is 1. The van der Waals surface area contributed by atoms with Gasteiger partial charge < -0.3 is 5.11 Å². The maximum absolute atomic E-state index is 9.32. The van der Waals surface area contributed by atoms with Gasteiger partial charge in [-0.1, -0.05) is 24.8 Å². The Morgan fingerprint density at radius 2 is 2.55 bits per heavy atom. The van der Waals surface area contributed by atoms with Crippen LogP contribution in [0.15, 0.2) is 11.6 Å². The zero-order valence-corrected chi connectivity index (χ0v) is 6.93. The number of hydrogen-bond acceptors (Lipinski definition) is 1. The molecule has 0 aromatic carbocycles. The molecular formula is C10H14O. The zero-order valence-electron chi connectivity index (χ0n) is 6.93. The van der Waals surface area contributed by atoms with Crippen molar-refractivity contribution in [3.05, 3.63) is 11.6 Å². The molecule has 60 valence electrons. The highest BCUT2D eigenvalue weighted by atomic mass is 16.3.